The molecule has 1 saturated heterocycles. The topological polar surface area (TPSA) is 92.8 Å². The second-order valence-corrected chi connectivity index (χ2v) is 10.5. The fourth-order valence-electron chi connectivity index (χ4n) is 3.87. The molecule has 4 rings (SSSR count). The molecule has 168 valence electrons. The minimum atomic E-state index is -3.82. The summed E-state index contributed by atoms with van der Waals surface area (Å²) in [5.74, 6) is -0.967. The number of hydrogen-bond donors (Lipinski definition) is 1. The predicted octanol–water partition coefficient (Wildman–Crippen LogP) is 4.18. The van der Waals surface area contributed by atoms with Crippen molar-refractivity contribution in [3.05, 3.63) is 59.7 Å². The van der Waals surface area contributed by atoms with E-state index >= 15 is 0 Å². The molecular weight excluding hydrogens is 448 g/mol. The van der Waals surface area contributed by atoms with Gasteiger partial charge in [0.2, 0.25) is 15.9 Å². The van der Waals surface area contributed by atoms with Gasteiger partial charge in [-0.3, -0.25) is 4.79 Å². The number of carbonyl (C=O) groups is 2. The van der Waals surface area contributed by atoms with Crippen molar-refractivity contribution in [3.8, 4) is 0 Å². The molecule has 1 unspecified atom stereocenters. The summed E-state index contributed by atoms with van der Waals surface area (Å²) >= 11 is 1.27. The Labute approximate surface area is 191 Å². The maximum Gasteiger partial charge on any atom is 0.341 e. The lowest BCUT2D eigenvalue weighted by Crippen LogP contribution is -2.43. The van der Waals surface area contributed by atoms with Crippen molar-refractivity contribution in [1.82, 2.24) is 4.31 Å². The van der Waals surface area contributed by atoms with E-state index in [0.29, 0.717) is 28.8 Å². The summed E-state index contributed by atoms with van der Waals surface area (Å²) in [7, 11) is -3.82. The Bertz CT molecular complexity index is 1270. The predicted molar refractivity (Wildman–Crippen MR) is 125 cm³/mol. The first-order valence-electron chi connectivity index (χ1n) is 10.4. The molecule has 3 aromatic rings. The average molecular weight is 473 g/mol. The molecule has 1 N–H and O–H groups in total. The Morgan fingerprint density at radius 1 is 1.16 bits per heavy atom. The van der Waals surface area contributed by atoms with Crippen molar-refractivity contribution in [2.24, 2.45) is 0 Å². The molecule has 7 nitrogen and oxygen atoms in total. The molecule has 32 heavy (non-hydrogen) atoms. The first-order valence-corrected chi connectivity index (χ1v) is 12.7. The molecule has 0 bridgehead atoms. The highest BCUT2D eigenvalue weighted by Gasteiger charge is 2.40. The van der Waals surface area contributed by atoms with Gasteiger partial charge in [0.05, 0.1) is 11.5 Å². The third kappa shape index (κ3) is 4.15. The van der Waals surface area contributed by atoms with Gasteiger partial charge in [-0.2, -0.15) is 4.31 Å². The molecule has 0 saturated carbocycles. The maximum absolute atomic E-state index is 13.2. The summed E-state index contributed by atoms with van der Waals surface area (Å²) in [5, 5.41) is 3.88. The van der Waals surface area contributed by atoms with Crippen molar-refractivity contribution < 1.29 is 22.7 Å². The summed E-state index contributed by atoms with van der Waals surface area (Å²) < 4.78 is 33.7. The van der Waals surface area contributed by atoms with Gasteiger partial charge in [0.1, 0.15) is 16.6 Å². The van der Waals surface area contributed by atoms with E-state index in [9.17, 15) is 18.0 Å². The van der Waals surface area contributed by atoms with Crippen LogP contribution in [-0.4, -0.2) is 43.8 Å². The molecule has 1 aliphatic rings. The zero-order chi connectivity index (χ0) is 22.9. The minimum Gasteiger partial charge on any atom is -0.462 e. The minimum absolute atomic E-state index is 0.164. The molecule has 9 heteroatoms. The number of rotatable bonds is 6. The second-order valence-electron chi connectivity index (χ2n) is 7.60. The number of fused-ring (bicyclic) bond motifs is 1. The average Bonchev–Trinajstić information content (AvgIpc) is 3.39. The van der Waals surface area contributed by atoms with Crippen LogP contribution in [0.5, 0.6) is 0 Å². The Hall–Kier alpha value is -2.75. The SMILES string of the molecule is CCOC(=O)c1c(NC(=O)C2CCCN2S(=O)(=O)c2ccc(C)cc2)sc2ccccc12. The number of benzene rings is 2. The van der Waals surface area contributed by atoms with E-state index in [1.807, 2.05) is 25.1 Å². The van der Waals surface area contributed by atoms with Gasteiger partial charge in [0.25, 0.3) is 0 Å². The highest BCUT2D eigenvalue weighted by molar-refractivity contribution is 7.89. The normalized spacial score (nSPS) is 16.9. The Morgan fingerprint density at radius 2 is 1.88 bits per heavy atom. The quantitative estimate of drug-likeness (QED) is 0.544. The van der Waals surface area contributed by atoms with Gasteiger partial charge in [-0.15, -0.1) is 11.3 Å². The van der Waals surface area contributed by atoms with Crippen molar-refractivity contribution in [2.75, 3.05) is 18.5 Å². The van der Waals surface area contributed by atoms with Gasteiger partial charge in [-0.05, 0) is 44.9 Å². The van der Waals surface area contributed by atoms with Gasteiger partial charge in [0, 0.05) is 16.6 Å². The highest BCUT2D eigenvalue weighted by Crippen LogP contribution is 2.37. The lowest BCUT2D eigenvalue weighted by Gasteiger charge is -2.23. The molecule has 0 spiro atoms. The van der Waals surface area contributed by atoms with Gasteiger partial charge in [-0.1, -0.05) is 35.9 Å². The van der Waals surface area contributed by atoms with E-state index in [2.05, 4.69) is 5.32 Å². The Morgan fingerprint density at radius 3 is 2.59 bits per heavy atom. The van der Waals surface area contributed by atoms with E-state index in [-0.39, 0.29) is 18.0 Å². The lowest BCUT2D eigenvalue weighted by molar-refractivity contribution is -0.119. The van der Waals surface area contributed by atoms with Crippen molar-refractivity contribution in [3.63, 3.8) is 0 Å². The van der Waals surface area contributed by atoms with Crippen molar-refractivity contribution >= 4 is 48.3 Å². The molecule has 1 atom stereocenters. The largest absolute Gasteiger partial charge is 0.462 e. The number of carbonyl (C=O) groups excluding carboxylic acids is 2. The monoisotopic (exact) mass is 472 g/mol. The first kappa shape index (κ1) is 22.4. The van der Waals surface area contributed by atoms with Crippen LogP contribution >= 0.6 is 11.3 Å². The number of esters is 1. The smallest absolute Gasteiger partial charge is 0.341 e. The molecule has 1 fully saturated rings. The van der Waals surface area contributed by atoms with E-state index in [1.54, 1.807) is 37.3 Å². The number of thiophene rings is 1. The fourth-order valence-corrected chi connectivity index (χ4v) is 6.62. The van der Waals surface area contributed by atoms with Crippen LogP contribution in [0.3, 0.4) is 0 Å². The Kier molecular flexibility index (Phi) is 6.32. The molecule has 1 aromatic heterocycles. The number of sulfonamides is 1. The third-order valence-electron chi connectivity index (χ3n) is 5.45. The van der Waals surface area contributed by atoms with E-state index < -0.39 is 27.9 Å². The standard InChI is InChI=1S/C23H24N2O5S2/c1-3-30-23(27)20-17-7-4-5-9-19(17)31-22(20)24-21(26)18-8-6-14-25(18)32(28,29)16-12-10-15(2)11-13-16/h4-5,7,9-13,18H,3,6,8,14H2,1-2H3,(H,24,26). The number of ether oxygens (including phenoxy) is 1. The number of aryl methyl sites for hydroxylation is 1. The van der Waals surface area contributed by atoms with E-state index in [0.717, 1.165) is 10.3 Å². The van der Waals surface area contributed by atoms with Crippen LogP contribution in [-0.2, 0) is 19.6 Å². The van der Waals surface area contributed by atoms with Crippen molar-refractivity contribution in [1.29, 1.82) is 0 Å². The van der Waals surface area contributed by atoms with Gasteiger partial charge >= 0.3 is 5.97 Å². The summed E-state index contributed by atoms with van der Waals surface area (Å²) in [6, 6.07) is 13.1. The van der Waals surface area contributed by atoms with Gasteiger partial charge in [0.15, 0.2) is 0 Å². The maximum atomic E-state index is 13.2. The summed E-state index contributed by atoms with van der Waals surface area (Å²) in [6.45, 7) is 4.08. The van der Waals surface area contributed by atoms with Gasteiger partial charge < -0.3 is 10.1 Å². The molecule has 2 heterocycles. The van der Waals surface area contributed by atoms with Crippen molar-refractivity contribution in [2.45, 2.75) is 37.6 Å². The van der Waals surface area contributed by atoms with Crippen LogP contribution in [0.15, 0.2) is 53.4 Å². The summed E-state index contributed by atoms with van der Waals surface area (Å²) in [5.41, 5.74) is 1.25. The van der Waals surface area contributed by atoms with E-state index in [4.69, 9.17) is 4.74 Å². The number of amides is 1. The van der Waals surface area contributed by atoms with Crippen LogP contribution in [0, 0.1) is 6.92 Å². The number of nitrogens with zero attached hydrogens (tertiary/aromatic N) is 1. The molecular formula is C23H24N2O5S2. The zero-order valence-corrected chi connectivity index (χ0v) is 19.5. The highest BCUT2D eigenvalue weighted by atomic mass is 32.2. The van der Waals surface area contributed by atoms with E-state index in [1.165, 1.54) is 15.6 Å². The molecule has 2 aromatic carbocycles. The number of nitrogens with one attached hydrogen (secondary N) is 1. The van der Waals surface area contributed by atoms with Crippen LogP contribution in [0.2, 0.25) is 0 Å². The molecule has 0 aliphatic carbocycles. The molecule has 1 aliphatic heterocycles. The Balaban J connectivity index is 1.64. The van der Waals surface area contributed by atoms with Crippen LogP contribution in [0.1, 0.15) is 35.7 Å². The molecule has 0 radical (unpaired) electrons. The third-order valence-corrected chi connectivity index (χ3v) is 8.45. The summed E-state index contributed by atoms with van der Waals surface area (Å²) in [4.78, 5) is 26.0. The fraction of sp³-hybridized carbons (Fsp3) is 0.304. The van der Waals surface area contributed by atoms with Crippen LogP contribution < -0.4 is 5.32 Å². The van der Waals surface area contributed by atoms with Gasteiger partial charge in [-0.25, -0.2) is 13.2 Å². The number of anilines is 1. The first-order chi connectivity index (χ1) is 15.3. The molecule has 1 amide bonds. The second kappa shape index (κ2) is 9.01. The summed E-state index contributed by atoms with van der Waals surface area (Å²) in [6.07, 6.45) is 0.997. The van der Waals surface area contributed by atoms with Crippen LogP contribution in [0.4, 0.5) is 5.00 Å². The zero-order valence-electron chi connectivity index (χ0n) is 17.8. The van der Waals surface area contributed by atoms with Crippen LogP contribution in [0.25, 0.3) is 10.1 Å². The number of hydrogen-bond acceptors (Lipinski definition) is 6. The lowest BCUT2D eigenvalue weighted by atomic mass is 10.1.